The molecule has 3 aromatic rings. The third-order valence-electron chi connectivity index (χ3n) is 4.29. The number of hydrogen-bond acceptors (Lipinski definition) is 8. The van der Waals surface area contributed by atoms with Crippen molar-refractivity contribution in [2.75, 3.05) is 13.1 Å². The van der Waals surface area contributed by atoms with Crippen LogP contribution in [0, 0.1) is 25.2 Å². The smallest absolute Gasteiger partial charge is 0.293 e. The lowest BCUT2D eigenvalue weighted by Gasteiger charge is -2.15. The molecular formula is C17H16N8O2. The third kappa shape index (κ3) is 3.15. The van der Waals surface area contributed by atoms with Gasteiger partial charge in [-0.1, -0.05) is 0 Å². The molecule has 4 rings (SSSR count). The number of aromatic nitrogens is 6. The second-order valence-electron chi connectivity index (χ2n) is 6.29. The molecule has 4 heterocycles. The molecule has 10 nitrogen and oxygen atoms in total. The molecule has 1 saturated heterocycles. The quantitative estimate of drug-likeness (QED) is 0.665. The van der Waals surface area contributed by atoms with Gasteiger partial charge in [0.05, 0.1) is 6.54 Å². The summed E-state index contributed by atoms with van der Waals surface area (Å²) >= 11 is 0. The molecule has 0 bridgehead atoms. The van der Waals surface area contributed by atoms with Gasteiger partial charge in [-0.25, -0.2) is 19.5 Å². The highest BCUT2D eigenvalue weighted by molar-refractivity contribution is 5.91. The number of carbonyl (C=O) groups excluding carboxylic acids is 1. The lowest BCUT2D eigenvalue weighted by atomic mass is 10.3. The molecule has 0 spiro atoms. The maximum atomic E-state index is 12.8. The van der Waals surface area contributed by atoms with E-state index in [0.717, 1.165) is 11.4 Å². The Hall–Kier alpha value is -3.61. The Morgan fingerprint density at radius 3 is 2.93 bits per heavy atom. The fourth-order valence-corrected chi connectivity index (χ4v) is 3.05. The maximum absolute atomic E-state index is 12.8. The van der Waals surface area contributed by atoms with Crippen LogP contribution in [-0.2, 0) is 0 Å². The van der Waals surface area contributed by atoms with Crippen molar-refractivity contribution >= 4 is 11.7 Å². The molecule has 0 N–H and O–H groups in total. The van der Waals surface area contributed by atoms with E-state index < -0.39 is 0 Å². The number of rotatable bonds is 3. The number of amides is 1. The Morgan fingerprint density at radius 2 is 2.11 bits per heavy atom. The Balaban J connectivity index is 1.50. The number of likely N-dealkylation sites (tertiary alicyclic amines) is 1. The van der Waals surface area contributed by atoms with E-state index in [9.17, 15) is 4.79 Å². The minimum atomic E-state index is -0.275. The molecule has 1 amide bonds. The van der Waals surface area contributed by atoms with Crippen LogP contribution < -0.4 is 4.74 Å². The van der Waals surface area contributed by atoms with E-state index in [0.29, 0.717) is 25.3 Å². The first-order chi connectivity index (χ1) is 13.0. The molecule has 3 aromatic heterocycles. The summed E-state index contributed by atoms with van der Waals surface area (Å²) in [4.78, 5) is 30.9. The highest BCUT2D eigenvalue weighted by atomic mass is 16.5. The van der Waals surface area contributed by atoms with Crippen molar-refractivity contribution in [3.8, 4) is 11.9 Å². The van der Waals surface area contributed by atoms with Gasteiger partial charge in [0.25, 0.3) is 17.6 Å². The van der Waals surface area contributed by atoms with E-state index in [1.54, 1.807) is 9.42 Å². The Morgan fingerprint density at radius 1 is 1.30 bits per heavy atom. The first kappa shape index (κ1) is 16.8. The standard InChI is InChI=1S/C17H16N8O2/c1-10-7-11(2)25-17(21-10)22-14(23-25)16(26)24-6-3-12(9-24)27-15-13(8-18)19-4-5-20-15/h4-5,7,12H,3,6,9H2,1-2H3/t12-/m1/s1. The van der Waals surface area contributed by atoms with E-state index >= 15 is 0 Å². The average molecular weight is 364 g/mol. The molecule has 1 aliphatic heterocycles. The molecule has 27 heavy (non-hydrogen) atoms. The number of hydrogen-bond donors (Lipinski definition) is 0. The maximum Gasteiger partial charge on any atom is 0.293 e. The van der Waals surface area contributed by atoms with Crippen molar-refractivity contribution in [2.45, 2.75) is 26.4 Å². The molecule has 0 unspecified atom stereocenters. The van der Waals surface area contributed by atoms with Crippen LogP contribution in [0.25, 0.3) is 5.78 Å². The zero-order valence-corrected chi connectivity index (χ0v) is 14.8. The van der Waals surface area contributed by atoms with Gasteiger partial charge < -0.3 is 9.64 Å². The number of aryl methyl sites for hydroxylation is 2. The predicted molar refractivity (Wildman–Crippen MR) is 91.9 cm³/mol. The first-order valence-electron chi connectivity index (χ1n) is 8.43. The lowest BCUT2D eigenvalue weighted by Crippen LogP contribution is -2.32. The van der Waals surface area contributed by atoms with Crippen LogP contribution in [0.4, 0.5) is 0 Å². The molecule has 0 aliphatic carbocycles. The summed E-state index contributed by atoms with van der Waals surface area (Å²) < 4.78 is 7.32. The lowest BCUT2D eigenvalue weighted by molar-refractivity contribution is 0.0759. The summed E-state index contributed by atoms with van der Waals surface area (Å²) in [7, 11) is 0. The van der Waals surface area contributed by atoms with Gasteiger partial charge in [-0.3, -0.25) is 4.79 Å². The van der Waals surface area contributed by atoms with Gasteiger partial charge in [0.2, 0.25) is 11.5 Å². The molecule has 1 atom stereocenters. The number of fused-ring (bicyclic) bond motifs is 1. The minimum absolute atomic E-state index is 0.106. The molecule has 0 saturated carbocycles. The molecular weight excluding hydrogens is 348 g/mol. The largest absolute Gasteiger partial charge is 0.470 e. The molecule has 0 radical (unpaired) electrons. The van der Waals surface area contributed by atoms with Gasteiger partial charge >= 0.3 is 0 Å². The van der Waals surface area contributed by atoms with Crippen molar-refractivity contribution in [2.24, 2.45) is 0 Å². The van der Waals surface area contributed by atoms with Gasteiger partial charge in [-0.2, -0.15) is 10.2 Å². The van der Waals surface area contributed by atoms with Gasteiger partial charge in [0.15, 0.2) is 0 Å². The van der Waals surface area contributed by atoms with E-state index in [4.69, 9.17) is 10.00 Å². The van der Waals surface area contributed by atoms with E-state index in [1.165, 1.54) is 12.4 Å². The van der Waals surface area contributed by atoms with Crippen molar-refractivity contribution in [1.29, 1.82) is 5.26 Å². The fourth-order valence-electron chi connectivity index (χ4n) is 3.05. The normalized spacial score (nSPS) is 16.5. The van der Waals surface area contributed by atoms with Crippen LogP contribution in [0.1, 0.15) is 34.1 Å². The van der Waals surface area contributed by atoms with Crippen molar-refractivity contribution < 1.29 is 9.53 Å². The van der Waals surface area contributed by atoms with E-state index in [2.05, 4.69) is 25.0 Å². The first-order valence-corrected chi connectivity index (χ1v) is 8.43. The van der Waals surface area contributed by atoms with Crippen LogP contribution in [0.15, 0.2) is 18.5 Å². The van der Waals surface area contributed by atoms with Crippen molar-refractivity contribution in [3.63, 3.8) is 0 Å². The predicted octanol–water partition coefficient (Wildman–Crippen LogP) is 0.696. The second kappa shape index (κ2) is 6.60. The molecule has 10 heteroatoms. The summed E-state index contributed by atoms with van der Waals surface area (Å²) in [6, 6.07) is 3.82. The summed E-state index contributed by atoms with van der Waals surface area (Å²) in [5.41, 5.74) is 1.80. The van der Waals surface area contributed by atoms with E-state index in [1.807, 2.05) is 26.0 Å². The highest BCUT2D eigenvalue weighted by Gasteiger charge is 2.31. The monoisotopic (exact) mass is 364 g/mol. The second-order valence-corrected chi connectivity index (χ2v) is 6.29. The van der Waals surface area contributed by atoms with Crippen LogP contribution in [0.5, 0.6) is 5.88 Å². The SMILES string of the molecule is Cc1cc(C)n2nc(C(=O)N3CC[C@@H](Oc4nccnc4C#N)C3)nc2n1. The average Bonchev–Trinajstić information content (AvgIpc) is 3.29. The number of ether oxygens (including phenoxy) is 1. The Labute approximate surface area is 154 Å². The Bertz CT molecular complexity index is 1070. The topological polar surface area (TPSA) is 122 Å². The fraction of sp³-hybridized carbons (Fsp3) is 0.353. The van der Waals surface area contributed by atoms with Crippen molar-refractivity contribution in [3.05, 3.63) is 41.4 Å². The molecule has 1 aliphatic rings. The van der Waals surface area contributed by atoms with Crippen LogP contribution in [0.2, 0.25) is 0 Å². The van der Waals surface area contributed by atoms with Gasteiger partial charge in [-0.05, 0) is 19.9 Å². The van der Waals surface area contributed by atoms with Crippen molar-refractivity contribution in [1.82, 2.24) is 34.4 Å². The zero-order chi connectivity index (χ0) is 19.0. The highest BCUT2D eigenvalue weighted by Crippen LogP contribution is 2.19. The van der Waals surface area contributed by atoms with Crippen LogP contribution in [-0.4, -0.2) is 59.6 Å². The van der Waals surface area contributed by atoms with E-state index in [-0.39, 0.29) is 29.4 Å². The van der Waals surface area contributed by atoms with Gasteiger partial charge in [0.1, 0.15) is 12.2 Å². The van der Waals surface area contributed by atoms with Gasteiger partial charge in [-0.15, -0.1) is 5.10 Å². The molecule has 0 aromatic carbocycles. The summed E-state index contributed by atoms with van der Waals surface area (Å²) in [6.07, 6.45) is 3.25. The summed E-state index contributed by atoms with van der Waals surface area (Å²) in [5, 5.41) is 13.4. The molecule has 1 fully saturated rings. The number of carbonyl (C=O) groups is 1. The van der Waals surface area contributed by atoms with Crippen LogP contribution in [0.3, 0.4) is 0 Å². The minimum Gasteiger partial charge on any atom is -0.470 e. The van der Waals surface area contributed by atoms with Gasteiger partial charge in [0, 0.05) is 36.7 Å². The Kier molecular flexibility index (Phi) is 4.12. The zero-order valence-electron chi connectivity index (χ0n) is 14.8. The summed E-state index contributed by atoms with van der Waals surface area (Å²) in [5.74, 6) is 0.416. The summed E-state index contributed by atoms with van der Waals surface area (Å²) in [6.45, 7) is 4.62. The molecule has 136 valence electrons. The third-order valence-corrected chi connectivity index (χ3v) is 4.29. The number of nitrogens with zero attached hydrogens (tertiary/aromatic N) is 8. The number of nitriles is 1. The van der Waals surface area contributed by atoms with Crippen LogP contribution >= 0.6 is 0 Å².